The Bertz CT molecular complexity index is 1310. The van der Waals surface area contributed by atoms with E-state index in [9.17, 15) is 9.59 Å². The number of aromatic nitrogens is 3. The lowest BCUT2D eigenvalue weighted by Gasteiger charge is -2.19. The number of nitrogens with zero attached hydrogens (tertiary/aromatic N) is 3. The summed E-state index contributed by atoms with van der Waals surface area (Å²) in [4.78, 5) is 31.4. The van der Waals surface area contributed by atoms with E-state index in [-0.39, 0.29) is 11.5 Å². The van der Waals surface area contributed by atoms with Crippen LogP contribution in [0.5, 0.6) is 0 Å². The maximum atomic E-state index is 13.3. The van der Waals surface area contributed by atoms with Gasteiger partial charge in [-0.15, -0.1) is 0 Å². The molecule has 0 aliphatic carbocycles. The fourth-order valence-electron chi connectivity index (χ4n) is 3.45. The number of carbonyl (C=O) groups is 1. The molecule has 0 saturated carbocycles. The minimum absolute atomic E-state index is 0.0944. The first-order valence-electron chi connectivity index (χ1n) is 10.9. The average molecular weight is 463 g/mol. The summed E-state index contributed by atoms with van der Waals surface area (Å²) < 4.78 is 6.77. The maximum absolute atomic E-state index is 13.3. The lowest BCUT2D eigenvalue weighted by atomic mass is 10.1. The average Bonchev–Trinajstić information content (AvgIpc) is 3.21. The van der Waals surface area contributed by atoms with Crippen LogP contribution in [0.25, 0.3) is 10.9 Å². The quantitative estimate of drug-likeness (QED) is 0.286. The van der Waals surface area contributed by atoms with E-state index in [0.717, 1.165) is 12.0 Å². The fraction of sp³-hybridized carbons (Fsp3) is 0.280. The van der Waals surface area contributed by atoms with Crippen molar-refractivity contribution >= 4 is 34.4 Å². The van der Waals surface area contributed by atoms with Gasteiger partial charge in [0.05, 0.1) is 10.9 Å². The van der Waals surface area contributed by atoms with Crippen molar-refractivity contribution < 1.29 is 9.32 Å². The van der Waals surface area contributed by atoms with E-state index < -0.39 is 5.25 Å². The molecule has 0 saturated heterocycles. The van der Waals surface area contributed by atoms with Crippen molar-refractivity contribution in [3.05, 3.63) is 82.3 Å². The van der Waals surface area contributed by atoms with Gasteiger partial charge in [0, 0.05) is 12.6 Å². The number of hydrogen-bond acceptors (Lipinski definition) is 6. The number of anilines is 1. The molecule has 8 heteroatoms. The van der Waals surface area contributed by atoms with Crippen LogP contribution < -0.4 is 10.9 Å². The van der Waals surface area contributed by atoms with Crippen LogP contribution in [-0.4, -0.2) is 20.6 Å². The van der Waals surface area contributed by atoms with Gasteiger partial charge < -0.3 is 9.84 Å². The van der Waals surface area contributed by atoms with Crippen molar-refractivity contribution in [3.63, 3.8) is 0 Å². The Labute approximate surface area is 196 Å². The van der Waals surface area contributed by atoms with Crippen LogP contribution in [0.1, 0.15) is 36.8 Å². The first-order valence-corrected chi connectivity index (χ1v) is 11.8. The highest BCUT2D eigenvalue weighted by Gasteiger charge is 2.26. The lowest BCUT2D eigenvalue weighted by Crippen LogP contribution is -2.26. The third kappa shape index (κ3) is 5.34. The van der Waals surface area contributed by atoms with E-state index in [4.69, 9.17) is 9.51 Å². The molecule has 7 nitrogen and oxygen atoms in total. The molecular formula is C25H26N4O3S. The second-order valence-corrected chi connectivity index (χ2v) is 9.34. The first-order chi connectivity index (χ1) is 15.9. The highest BCUT2D eigenvalue weighted by atomic mass is 32.2. The number of carbonyl (C=O) groups excluding carboxylic acids is 1. The van der Waals surface area contributed by atoms with Crippen LogP contribution in [0.2, 0.25) is 0 Å². The molecule has 4 aromatic rings. The van der Waals surface area contributed by atoms with Gasteiger partial charge in [-0.2, -0.15) is 0 Å². The van der Waals surface area contributed by atoms with Gasteiger partial charge in [0.1, 0.15) is 11.0 Å². The molecule has 0 bridgehead atoms. The number of fused-ring (bicyclic) bond motifs is 1. The van der Waals surface area contributed by atoms with Crippen molar-refractivity contribution in [1.82, 2.24) is 14.7 Å². The van der Waals surface area contributed by atoms with Gasteiger partial charge in [-0.1, -0.05) is 73.2 Å². The molecule has 170 valence electrons. The predicted molar refractivity (Wildman–Crippen MR) is 130 cm³/mol. The second-order valence-electron chi connectivity index (χ2n) is 8.27. The molecule has 0 aliphatic rings. The molecule has 1 amide bonds. The molecule has 2 aromatic heterocycles. The van der Waals surface area contributed by atoms with Crippen LogP contribution in [-0.2, 0) is 11.3 Å². The van der Waals surface area contributed by atoms with Gasteiger partial charge in [-0.3, -0.25) is 14.2 Å². The third-order valence-electron chi connectivity index (χ3n) is 5.20. The molecule has 2 heterocycles. The topological polar surface area (TPSA) is 90.0 Å². The van der Waals surface area contributed by atoms with E-state index in [1.807, 2.05) is 48.5 Å². The first kappa shape index (κ1) is 22.8. The van der Waals surface area contributed by atoms with Crippen LogP contribution in [0.3, 0.4) is 0 Å². The number of aryl methyl sites for hydroxylation is 1. The van der Waals surface area contributed by atoms with Crippen molar-refractivity contribution in [3.8, 4) is 0 Å². The summed E-state index contributed by atoms with van der Waals surface area (Å²) in [5.74, 6) is 1.11. The Morgan fingerprint density at radius 3 is 2.55 bits per heavy atom. The summed E-state index contributed by atoms with van der Waals surface area (Å²) in [6.07, 6.45) is 0.827. The fourth-order valence-corrected chi connectivity index (χ4v) is 4.57. The van der Waals surface area contributed by atoms with Gasteiger partial charge in [0.25, 0.3) is 5.56 Å². The number of benzene rings is 2. The lowest BCUT2D eigenvalue weighted by molar-refractivity contribution is -0.115. The molecule has 1 atom stereocenters. The van der Waals surface area contributed by atoms with E-state index in [1.165, 1.54) is 11.8 Å². The zero-order valence-electron chi connectivity index (χ0n) is 18.8. The number of hydrogen-bond donors (Lipinski definition) is 1. The maximum Gasteiger partial charge on any atom is 0.262 e. The molecular weight excluding hydrogens is 436 g/mol. The zero-order chi connectivity index (χ0) is 23.4. The second kappa shape index (κ2) is 10.0. The SMILES string of the molecule is Cc1cc(NC(=O)C(Sc2nc3ccccc3c(=O)n2CCC(C)C)c2ccccc2)no1. The van der Waals surface area contributed by atoms with E-state index in [1.54, 1.807) is 23.6 Å². The molecule has 1 unspecified atom stereocenters. The molecule has 1 N–H and O–H groups in total. The van der Waals surface area contributed by atoms with Gasteiger partial charge in [-0.25, -0.2) is 4.98 Å². The minimum atomic E-state index is -0.637. The summed E-state index contributed by atoms with van der Waals surface area (Å²) in [7, 11) is 0. The Morgan fingerprint density at radius 1 is 1.12 bits per heavy atom. The monoisotopic (exact) mass is 462 g/mol. The van der Waals surface area contributed by atoms with Crippen molar-refractivity contribution in [2.45, 2.75) is 44.1 Å². The van der Waals surface area contributed by atoms with Gasteiger partial charge >= 0.3 is 0 Å². The Hall–Kier alpha value is -3.39. The largest absolute Gasteiger partial charge is 0.360 e. The summed E-state index contributed by atoms with van der Waals surface area (Å²) in [6, 6.07) is 18.4. The van der Waals surface area contributed by atoms with Crippen molar-refractivity contribution in [1.29, 1.82) is 0 Å². The summed E-state index contributed by atoms with van der Waals surface area (Å²) in [5, 5.41) is 7.15. The molecule has 0 fully saturated rings. The Kier molecular flexibility index (Phi) is 6.93. The third-order valence-corrected chi connectivity index (χ3v) is 6.44. The zero-order valence-corrected chi connectivity index (χ0v) is 19.6. The van der Waals surface area contributed by atoms with E-state index in [0.29, 0.717) is 40.1 Å². The summed E-state index contributed by atoms with van der Waals surface area (Å²) in [6.45, 7) is 6.53. The molecule has 4 rings (SSSR count). The number of rotatable bonds is 8. The Morgan fingerprint density at radius 2 is 1.85 bits per heavy atom. The summed E-state index contributed by atoms with van der Waals surface area (Å²) in [5.41, 5.74) is 1.33. The molecule has 0 spiro atoms. The highest BCUT2D eigenvalue weighted by molar-refractivity contribution is 8.00. The van der Waals surface area contributed by atoms with Crippen LogP contribution in [0.4, 0.5) is 5.82 Å². The number of amides is 1. The minimum Gasteiger partial charge on any atom is -0.360 e. The molecule has 0 radical (unpaired) electrons. The van der Waals surface area contributed by atoms with Gasteiger partial charge in [0.15, 0.2) is 11.0 Å². The smallest absolute Gasteiger partial charge is 0.262 e. The summed E-state index contributed by atoms with van der Waals surface area (Å²) >= 11 is 1.26. The van der Waals surface area contributed by atoms with Crippen molar-refractivity contribution in [2.24, 2.45) is 5.92 Å². The van der Waals surface area contributed by atoms with Crippen LogP contribution >= 0.6 is 11.8 Å². The van der Waals surface area contributed by atoms with Crippen molar-refractivity contribution in [2.75, 3.05) is 5.32 Å². The van der Waals surface area contributed by atoms with Gasteiger partial charge in [0.2, 0.25) is 5.91 Å². The van der Waals surface area contributed by atoms with Gasteiger partial charge in [-0.05, 0) is 37.0 Å². The number of para-hydroxylation sites is 1. The Balaban J connectivity index is 1.76. The predicted octanol–water partition coefficient (Wildman–Crippen LogP) is 5.21. The number of nitrogens with one attached hydrogen (secondary N) is 1. The van der Waals surface area contributed by atoms with E-state index >= 15 is 0 Å². The number of thioether (sulfide) groups is 1. The van der Waals surface area contributed by atoms with Crippen LogP contribution in [0.15, 0.2) is 75.1 Å². The van der Waals surface area contributed by atoms with E-state index in [2.05, 4.69) is 24.3 Å². The molecule has 2 aromatic carbocycles. The highest BCUT2D eigenvalue weighted by Crippen LogP contribution is 2.35. The molecule has 0 aliphatic heterocycles. The van der Waals surface area contributed by atoms with Crippen LogP contribution in [0, 0.1) is 12.8 Å². The molecule has 33 heavy (non-hydrogen) atoms. The standard InChI is InChI=1S/C25H26N4O3S/c1-16(2)13-14-29-24(31)19-11-7-8-12-20(19)26-25(29)33-22(18-9-5-4-6-10-18)23(30)27-21-15-17(3)32-28-21/h4-12,15-16,22H,13-14H2,1-3H3,(H,27,28,30). The normalized spacial score (nSPS) is 12.2.